The first-order valence-corrected chi connectivity index (χ1v) is 10.6. The van der Waals surface area contributed by atoms with E-state index in [4.69, 9.17) is 0 Å². The molecule has 0 aliphatic rings. The van der Waals surface area contributed by atoms with Crippen LogP contribution < -0.4 is 0 Å². The third-order valence-electron chi connectivity index (χ3n) is 2.21. The average Bonchev–Trinajstić information content (AvgIpc) is 2.10. The summed E-state index contributed by atoms with van der Waals surface area (Å²) in [5.74, 6) is 0. The molecule has 1 unspecified atom stereocenters. The Balaban J connectivity index is 2.73. The van der Waals surface area contributed by atoms with E-state index in [9.17, 15) is 0 Å². The Morgan fingerprint density at radius 1 is 0.917 bits per heavy atom. The van der Waals surface area contributed by atoms with Crippen LogP contribution in [0.4, 0.5) is 0 Å². The first-order chi connectivity index (χ1) is 5.91. The summed E-state index contributed by atoms with van der Waals surface area (Å²) in [4.78, 5) is 0. The Kier molecular flexibility index (Phi) is 12.7. The third kappa shape index (κ3) is 10.9. The van der Waals surface area contributed by atoms with Gasteiger partial charge >= 0.3 is 81.2 Å². The minimum atomic E-state index is 0.394. The third-order valence-corrected chi connectivity index (χ3v) is 5.97. The molecule has 0 fully saturated rings. The van der Waals surface area contributed by atoms with Gasteiger partial charge in [0, 0.05) is 0 Å². The molecule has 0 aromatic heterocycles. The quantitative estimate of drug-likeness (QED) is 0.395. The van der Waals surface area contributed by atoms with Crippen molar-refractivity contribution >= 4 is 16.5 Å². The summed E-state index contributed by atoms with van der Waals surface area (Å²) in [5, 5.41) is 0. The minimum absolute atomic E-state index is 0.394. The van der Waals surface area contributed by atoms with Gasteiger partial charge in [-0.15, -0.1) is 0 Å². The van der Waals surface area contributed by atoms with Gasteiger partial charge in [-0.05, 0) is 0 Å². The molecule has 0 aromatic carbocycles. The fourth-order valence-electron chi connectivity index (χ4n) is 1.38. The second-order valence-corrected chi connectivity index (χ2v) is 8.80. The van der Waals surface area contributed by atoms with E-state index in [1.807, 2.05) is 0 Å². The zero-order valence-corrected chi connectivity index (χ0v) is 11.3. The average molecular weight is 208 g/mol. The molecule has 0 heterocycles. The van der Waals surface area contributed by atoms with Crippen LogP contribution in [-0.2, 0) is 0 Å². The summed E-state index contributed by atoms with van der Waals surface area (Å²) in [6.45, 7) is 4.71. The summed E-state index contributed by atoms with van der Waals surface area (Å²) in [5.41, 5.74) is 0. The molecule has 2 heteroatoms. The van der Waals surface area contributed by atoms with E-state index in [-0.39, 0.29) is 0 Å². The van der Waals surface area contributed by atoms with Crippen LogP contribution in [0.25, 0.3) is 0 Å². The van der Waals surface area contributed by atoms with Gasteiger partial charge in [0.1, 0.15) is 0 Å². The number of rotatable bonds is 9. The predicted octanol–water partition coefficient (Wildman–Crippen LogP) is 4.10. The van der Waals surface area contributed by atoms with Crippen LogP contribution in [0.3, 0.4) is 0 Å². The summed E-state index contributed by atoms with van der Waals surface area (Å²) >= 11 is 0. The van der Waals surface area contributed by atoms with Gasteiger partial charge < -0.3 is 0 Å². The van der Waals surface area contributed by atoms with Crippen LogP contribution in [0.2, 0.25) is 0 Å². The molecule has 0 rings (SSSR count). The van der Waals surface area contributed by atoms with E-state index in [1.54, 1.807) is 6.16 Å². The second-order valence-electron chi connectivity index (χ2n) is 3.47. The van der Waals surface area contributed by atoms with Crippen molar-refractivity contribution < 1.29 is 0 Å². The van der Waals surface area contributed by atoms with Crippen molar-refractivity contribution in [2.75, 3.05) is 12.8 Å². The molecule has 0 saturated heterocycles. The molecular formula is C10H26P2. The molecule has 0 radical (unpaired) electrons. The fourth-order valence-corrected chi connectivity index (χ4v) is 4.05. The van der Waals surface area contributed by atoms with Crippen molar-refractivity contribution in [3.63, 3.8) is 0 Å². The summed E-state index contributed by atoms with van der Waals surface area (Å²) in [7, 11) is 1.76. The van der Waals surface area contributed by atoms with Crippen molar-refractivity contribution in [3.05, 3.63) is 0 Å². The normalized spacial score (nSPS) is 11.8. The Hall–Kier alpha value is 0.860. The van der Waals surface area contributed by atoms with Crippen molar-refractivity contribution in [1.82, 2.24) is 0 Å². The van der Waals surface area contributed by atoms with E-state index in [2.05, 4.69) is 13.6 Å². The second kappa shape index (κ2) is 11.9. The number of hydrogen-bond acceptors (Lipinski definition) is 0. The van der Waals surface area contributed by atoms with Gasteiger partial charge in [0.25, 0.3) is 0 Å². The van der Waals surface area contributed by atoms with Gasteiger partial charge in [-0.1, -0.05) is 0 Å². The molecule has 0 nitrogen and oxygen atoms in total. The molecule has 0 spiro atoms. The van der Waals surface area contributed by atoms with Crippen molar-refractivity contribution in [2.45, 2.75) is 51.9 Å². The van der Waals surface area contributed by atoms with Crippen LogP contribution in [0.5, 0.6) is 0 Å². The molecule has 0 amide bonds. The van der Waals surface area contributed by atoms with Gasteiger partial charge in [-0.3, -0.25) is 0 Å². The molecule has 0 bridgehead atoms. The zero-order chi connectivity index (χ0) is 9.07. The monoisotopic (exact) mass is 208 g/mol. The van der Waals surface area contributed by atoms with E-state index >= 15 is 0 Å². The van der Waals surface area contributed by atoms with Crippen LogP contribution >= 0.6 is 16.5 Å². The van der Waals surface area contributed by atoms with Crippen LogP contribution in [0.1, 0.15) is 51.9 Å². The maximum absolute atomic E-state index is 2.43. The molecule has 0 N–H and O–H groups in total. The van der Waals surface area contributed by atoms with E-state index < -0.39 is 0 Å². The number of hydrogen-bond donors (Lipinski definition) is 0. The van der Waals surface area contributed by atoms with E-state index in [0.29, 0.717) is 8.27 Å². The predicted molar refractivity (Wildman–Crippen MR) is 68.2 cm³/mol. The number of unbranched alkanes of at least 4 members (excludes halogenated alkanes) is 6. The zero-order valence-electron chi connectivity index (χ0n) is 8.86. The molecule has 0 aliphatic heterocycles. The fraction of sp³-hybridized carbons (Fsp3) is 1.00. The van der Waals surface area contributed by atoms with Crippen molar-refractivity contribution in [3.8, 4) is 0 Å². The van der Waals surface area contributed by atoms with Gasteiger partial charge in [0.2, 0.25) is 0 Å². The molecule has 12 heavy (non-hydrogen) atoms. The summed E-state index contributed by atoms with van der Waals surface area (Å²) in [6.07, 6.45) is 11.9. The van der Waals surface area contributed by atoms with Crippen LogP contribution in [0.15, 0.2) is 0 Å². The molecule has 0 aliphatic carbocycles. The summed E-state index contributed by atoms with van der Waals surface area (Å²) < 4.78 is 0. The topological polar surface area (TPSA) is 0 Å². The molecular weight excluding hydrogens is 182 g/mol. The van der Waals surface area contributed by atoms with Gasteiger partial charge in [0.15, 0.2) is 0 Å². The van der Waals surface area contributed by atoms with Gasteiger partial charge in [-0.2, -0.15) is 0 Å². The Morgan fingerprint density at radius 3 is 2.08 bits per heavy atom. The summed E-state index contributed by atoms with van der Waals surface area (Å²) in [6, 6.07) is 0. The molecule has 0 saturated carbocycles. The first-order valence-electron chi connectivity index (χ1n) is 5.62. The SMILES string of the molecule is CCCCCCCCCP[PH3]C. The van der Waals surface area contributed by atoms with Crippen LogP contribution in [-0.4, -0.2) is 12.8 Å². The molecule has 1 atom stereocenters. The first kappa shape index (κ1) is 12.9. The van der Waals surface area contributed by atoms with Crippen molar-refractivity contribution in [1.29, 1.82) is 0 Å². The maximum atomic E-state index is 2.43. The Morgan fingerprint density at radius 2 is 1.50 bits per heavy atom. The van der Waals surface area contributed by atoms with E-state index in [0.717, 1.165) is 0 Å². The van der Waals surface area contributed by atoms with Gasteiger partial charge in [0.05, 0.1) is 0 Å². The standard InChI is InChI=1S/C10H26P2/c1-3-4-5-6-7-8-9-10-12-11-2/h12H,3-10H2,1-2,11H3. The Bertz CT molecular complexity index is 64.2. The molecule has 76 valence electrons. The Labute approximate surface area is 81.7 Å². The van der Waals surface area contributed by atoms with Gasteiger partial charge in [-0.25, -0.2) is 0 Å². The van der Waals surface area contributed by atoms with E-state index in [1.165, 1.54) is 53.2 Å². The van der Waals surface area contributed by atoms with Crippen LogP contribution in [0, 0.1) is 0 Å². The van der Waals surface area contributed by atoms with Crippen molar-refractivity contribution in [2.24, 2.45) is 0 Å². The molecule has 0 aromatic rings.